The molecule has 0 amide bonds. The van der Waals surface area contributed by atoms with Crippen molar-refractivity contribution in [1.82, 2.24) is 39.0 Å². The molecule has 24 rings (SSSR count). The third-order valence-corrected chi connectivity index (χ3v) is 26.9. The number of hydrogen-bond acceptors (Lipinski definition) is 9. The molecule has 0 unspecified atom stereocenters. The van der Waals surface area contributed by atoms with Crippen LogP contribution in [0.5, 0.6) is 0 Å². The third kappa shape index (κ3) is 10.8. The molecule has 7 heterocycles. The highest BCUT2D eigenvalue weighted by molar-refractivity contribution is 7.27. The van der Waals surface area contributed by atoms with Gasteiger partial charge in [-0.25, -0.2) is 29.9 Å². The predicted octanol–water partition coefficient (Wildman–Crippen LogP) is 28.7. The Morgan fingerprint density at radius 3 is 1.12 bits per heavy atom. The van der Waals surface area contributed by atoms with Gasteiger partial charge in [-0.1, -0.05) is 299 Å². The zero-order valence-corrected chi connectivity index (χ0v) is 65.4. The van der Waals surface area contributed by atoms with E-state index in [0.29, 0.717) is 34.9 Å². The average Bonchev–Trinajstić information content (AvgIpc) is 1.55. The lowest BCUT2D eigenvalue weighted by molar-refractivity contribution is 0.660. The van der Waals surface area contributed by atoms with Crippen LogP contribution in [0, 0.1) is 0 Å². The molecule has 16 aromatic carbocycles. The molecule has 7 aromatic heterocycles. The van der Waals surface area contributed by atoms with Crippen molar-refractivity contribution >= 4 is 138 Å². The zero-order chi connectivity index (χ0) is 76.7. The molecule has 116 heavy (non-hydrogen) atoms. The summed E-state index contributed by atoms with van der Waals surface area (Å²) >= 11 is 5.56. The van der Waals surface area contributed by atoms with E-state index in [1.54, 1.807) is 11.3 Å². The highest BCUT2D eigenvalue weighted by Crippen LogP contribution is 2.52. The molecule has 544 valence electrons. The molecule has 1 aliphatic rings. The summed E-state index contributed by atoms with van der Waals surface area (Å²) in [6, 6.07) is 130. The first-order valence-electron chi connectivity index (χ1n) is 39.1. The quantitative estimate of drug-likeness (QED) is 0.136. The summed E-state index contributed by atoms with van der Waals surface area (Å²) in [7, 11) is 0. The van der Waals surface area contributed by atoms with Crippen LogP contribution in [-0.2, 0) is 5.41 Å². The Balaban J connectivity index is 0.000000137. The molecule has 11 heteroatoms. The van der Waals surface area contributed by atoms with Gasteiger partial charge in [-0.15, -0.1) is 34.0 Å². The van der Waals surface area contributed by atoms with Crippen LogP contribution in [0.4, 0.5) is 0 Å². The second kappa shape index (κ2) is 27.0. The largest absolute Gasteiger partial charge is 0.308 e. The summed E-state index contributed by atoms with van der Waals surface area (Å²) in [6.45, 7) is 4.62. The summed E-state index contributed by atoms with van der Waals surface area (Å²) in [5.74, 6) is 3.85. The van der Waals surface area contributed by atoms with E-state index in [0.717, 1.165) is 66.8 Å². The van der Waals surface area contributed by atoms with Crippen LogP contribution in [0.1, 0.15) is 25.0 Å². The monoisotopic (exact) mass is 1530 g/mol. The molecule has 8 nitrogen and oxygen atoms in total. The summed E-state index contributed by atoms with van der Waals surface area (Å²) in [6.07, 6.45) is 0. The highest BCUT2D eigenvalue weighted by atomic mass is 32.1. The maximum Gasteiger partial charge on any atom is 0.166 e. The molecular formula is C105H66N8S3. The normalized spacial score (nSPS) is 12.5. The van der Waals surface area contributed by atoms with Crippen LogP contribution in [0.25, 0.3) is 217 Å². The Kier molecular flexibility index (Phi) is 15.7. The fraction of sp³-hybridized carbons (Fsp3) is 0.0286. The van der Waals surface area contributed by atoms with Crippen molar-refractivity contribution in [3.8, 4) is 113 Å². The van der Waals surface area contributed by atoms with Crippen molar-refractivity contribution in [1.29, 1.82) is 0 Å². The van der Waals surface area contributed by atoms with Gasteiger partial charge in [0, 0.05) is 121 Å². The van der Waals surface area contributed by atoms with Crippen molar-refractivity contribution in [3.05, 3.63) is 375 Å². The van der Waals surface area contributed by atoms with Crippen LogP contribution in [0.15, 0.2) is 364 Å². The second-order valence-corrected chi connectivity index (χ2v) is 33.5. The van der Waals surface area contributed by atoms with Gasteiger partial charge in [0.1, 0.15) is 0 Å². The third-order valence-electron chi connectivity index (χ3n) is 23.3. The number of nitrogens with zero attached hydrogens (tertiary/aromatic N) is 8. The minimum absolute atomic E-state index is 0.147. The molecule has 0 saturated heterocycles. The van der Waals surface area contributed by atoms with Gasteiger partial charge in [-0.3, -0.25) is 0 Å². The molecule has 0 bridgehead atoms. The summed E-state index contributed by atoms with van der Waals surface area (Å²) in [5.41, 5.74) is 22.4. The highest BCUT2D eigenvalue weighted by Gasteiger charge is 2.36. The van der Waals surface area contributed by atoms with Crippen molar-refractivity contribution in [2.24, 2.45) is 0 Å². The van der Waals surface area contributed by atoms with Gasteiger partial charge >= 0.3 is 0 Å². The van der Waals surface area contributed by atoms with Crippen molar-refractivity contribution in [2.75, 3.05) is 0 Å². The molecule has 23 aromatic rings. The number of fused-ring (bicyclic) bond motifs is 20. The Morgan fingerprint density at radius 2 is 0.595 bits per heavy atom. The van der Waals surface area contributed by atoms with Gasteiger partial charge < -0.3 is 9.13 Å². The van der Waals surface area contributed by atoms with Crippen molar-refractivity contribution in [2.45, 2.75) is 19.3 Å². The Labute approximate surface area is 679 Å². The van der Waals surface area contributed by atoms with Crippen LogP contribution in [0.3, 0.4) is 0 Å². The lowest BCUT2D eigenvalue weighted by Crippen LogP contribution is -2.15. The first-order valence-corrected chi connectivity index (χ1v) is 41.6. The fourth-order valence-corrected chi connectivity index (χ4v) is 21.6. The van der Waals surface area contributed by atoms with Gasteiger partial charge in [-0.05, 0) is 123 Å². The van der Waals surface area contributed by atoms with Crippen LogP contribution in [-0.4, -0.2) is 39.0 Å². The Morgan fingerprint density at radius 1 is 0.216 bits per heavy atom. The number of para-hydroxylation sites is 4. The van der Waals surface area contributed by atoms with E-state index in [2.05, 4.69) is 351 Å². The minimum Gasteiger partial charge on any atom is -0.308 e. The van der Waals surface area contributed by atoms with E-state index in [1.807, 2.05) is 59.1 Å². The maximum absolute atomic E-state index is 5.34. The average molecular weight is 1540 g/mol. The topological polar surface area (TPSA) is 87.2 Å². The number of aromatic nitrogens is 8. The van der Waals surface area contributed by atoms with E-state index < -0.39 is 0 Å². The zero-order valence-electron chi connectivity index (χ0n) is 62.9. The summed E-state index contributed by atoms with van der Waals surface area (Å²) in [4.78, 5) is 31.4. The van der Waals surface area contributed by atoms with Crippen molar-refractivity contribution < 1.29 is 0 Å². The van der Waals surface area contributed by atoms with E-state index in [1.165, 1.54) is 127 Å². The summed E-state index contributed by atoms with van der Waals surface area (Å²) < 4.78 is 12.5. The first kappa shape index (κ1) is 67.5. The lowest BCUT2D eigenvalue weighted by Gasteiger charge is -2.21. The van der Waals surface area contributed by atoms with Crippen LogP contribution >= 0.6 is 34.0 Å². The first-order chi connectivity index (χ1) is 57.3. The number of benzene rings is 16. The molecule has 0 aliphatic heterocycles. The molecule has 0 fully saturated rings. The standard InChI is InChI=1S/C54H36N4S.C51H30N4S2/c1-54(2)42-25-12-9-20-37(42)38-29-28-35(32-43(38)54)52-55-51(34-18-7-4-8-19-34)56-53(57-52)40-22-11-14-27-45(40)58-44-26-13-10-21-39(44)48-46(58)30-31-47-49(48)41-24-15-23-36(50(41)59-47)33-16-5-3-6-17-33;1-3-14-31(15-4-1)34-21-13-22-39-47-44(57-48(34)39)29-28-42-46(47)37-19-7-10-23-40(37)55(42)41-24-11-8-20-38(41)51-53-49(32-16-5-2-6-17-32)52-50(54-51)33-26-27-36-35-18-9-12-25-43(35)56-45(36)30-33/h3-32H,1-2H3;1-30H. The smallest absolute Gasteiger partial charge is 0.166 e. The molecule has 0 N–H and O–H groups in total. The van der Waals surface area contributed by atoms with E-state index >= 15 is 0 Å². The number of hydrogen-bond donors (Lipinski definition) is 0. The van der Waals surface area contributed by atoms with E-state index in [-0.39, 0.29) is 5.41 Å². The van der Waals surface area contributed by atoms with Gasteiger partial charge in [0.15, 0.2) is 34.9 Å². The van der Waals surface area contributed by atoms with Gasteiger partial charge in [0.2, 0.25) is 0 Å². The predicted molar refractivity (Wildman–Crippen MR) is 488 cm³/mol. The van der Waals surface area contributed by atoms with Gasteiger partial charge in [0.25, 0.3) is 0 Å². The lowest BCUT2D eigenvalue weighted by atomic mass is 9.82. The molecule has 0 saturated carbocycles. The molecule has 0 atom stereocenters. The molecular weight excluding hydrogens is 1470 g/mol. The number of thiophene rings is 3. The van der Waals surface area contributed by atoms with Crippen LogP contribution in [0.2, 0.25) is 0 Å². The van der Waals surface area contributed by atoms with Gasteiger partial charge in [-0.2, -0.15) is 0 Å². The van der Waals surface area contributed by atoms with E-state index in [4.69, 9.17) is 29.9 Å². The molecule has 1 aliphatic carbocycles. The Bertz CT molecular complexity index is 7930. The van der Waals surface area contributed by atoms with Crippen molar-refractivity contribution in [3.63, 3.8) is 0 Å². The van der Waals surface area contributed by atoms with Crippen LogP contribution < -0.4 is 0 Å². The maximum atomic E-state index is 5.34. The number of rotatable bonds is 10. The van der Waals surface area contributed by atoms with Gasteiger partial charge in [0.05, 0.1) is 33.4 Å². The summed E-state index contributed by atoms with van der Waals surface area (Å²) in [5, 5.41) is 12.6. The molecule has 0 spiro atoms. The second-order valence-electron chi connectivity index (χ2n) is 30.3. The Hall–Kier alpha value is -14.2. The minimum atomic E-state index is -0.147. The molecule has 0 radical (unpaired) electrons. The SMILES string of the molecule is CC1(C)c2ccccc2-c2ccc(-c3nc(-c4ccccc4)nc(-c4ccccc4-n4c5ccccc5c5c6c(ccc54)sc4c(-c5ccccc5)cccc46)n3)cc21.c1ccc(-c2nc(-c3ccc4c(c3)sc3ccccc34)nc(-c3ccccc3-n3c4ccccc4c4c5c(ccc43)sc3c(-c4ccccc4)cccc35)n2)cc1. The fourth-order valence-electron chi connectivity index (χ4n) is 18.0. The van der Waals surface area contributed by atoms with E-state index in [9.17, 15) is 0 Å².